The highest BCUT2D eigenvalue weighted by Gasteiger charge is 2.58. The zero-order valence-corrected chi connectivity index (χ0v) is 18.3. The summed E-state index contributed by atoms with van der Waals surface area (Å²) in [5.41, 5.74) is 5.16. The number of imide groups is 1. The lowest BCUT2D eigenvalue weighted by Crippen LogP contribution is -2.43. The number of allylic oxidation sites excluding steroid dienone is 2. The largest absolute Gasteiger partial charge is 0.454 e. The van der Waals surface area contributed by atoms with Gasteiger partial charge in [0.15, 0.2) is 11.7 Å². The number of fused-ring (bicyclic) bond motifs is 5. The molecule has 4 rings (SSSR count). The number of guanidine groups is 1. The molecule has 9 nitrogen and oxygen atoms in total. The van der Waals surface area contributed by atoms with Gasteiger partial charge >= 0.3 is 0 Å². The molecule has 1 saturated carbocycles. The molecule has 1 aliphatic heterocycles. The van der Waals surface area contributed by atoms with Crippen LogP contribution in [-0.4, -0.2) is 48.7 Å². The van der Waals surface area contributed by atoms with E-state index < -0.39 is 5.91 Å². The zero-order chi connectivity index (χ0) is 19.8. The van der Waals surface area contributed by atoms with Gasteiger partial charge in [-0.3, -0.25) is 24.3 Å². The quantitative estimate of drug-likeness (QED) is 0.167. The number of likely N-dealkylation sites (tertiary alicyclic amines) is 1. The summed E-state index contributed by atoms with van der Waals surface area (Å²) in [6.45, 7) is 1.01. The smallest absolute Gasteiger partial charge is 0.284 e. The molecule has 4 atom stereocenters. The molecular formula is C19H24IN5O4. The molecule has 1 saturated heterocycles. The number of hydrogen-bond donors (Lipinski definition) is 3. The SMILES string of the molecule is CN=C(NCCN1C(=O)C2C3C=CC(C3)C2C1=O)NCc1ccc(C(N)=O)o1.I. The minimum absolute atomic E-state index is 0. The summed E-state index contributed by atoms with van der Waals surface area (Å²) in [6, 6.07) is 3.17. The molecule has 1 aromatic heterocycles. The molecule has 4 N–H and O–H groups in total. The zero-order valence-electron chi connectivity index (χ0n) is 16.0. The van der Waals surface area contributed by atoms with Crippen LogP contribution in [0.15, 0.2) is 33.7 Å². The Hall–Kier alpha value is -2.37. The van der Waals surface area contributed by atoms with E-state index in [1.165, 1.54) is 11.0 Å². The monoisotopic (exact) mass is 513 g/mol. The van der Waals surface area contributed by atoms with E-state index in [-0.39, 0.29) is 65.2 Å². The highest BCUT2D eigenvalue weighted by atomic mass is 127. The molecule has 1 aromatic rings. The van der Waals surface area contributed by atoms with Gasteiger partial charge in [-0.1, -0.05) is 12.2 Å². The van der Waals surface area contributed by atoms with E-state index in [0.717, 1.165) is 6.42 Å². The summed E-state index contributed by atoms with van der Waals surface area (Å²) in [6.07, 6.45) is 5.10. The van der Waals surface area contributed by atoms with Gasteiger partial charge in [0.25, 0.3) is 5.91 Å². The number of amides is 3. The van der Waals surface area contributed by atoms with Crippen molar-refractivity contribution in [3.8, 4) is 0 Å². The van der Waals surface area contributed by atoms with Crippen molar-refractivity contribution < 1.29 is 18.8 Å². The Morgan fingerprint density at radius 2 is 1.86 bits per heavy atom. The van der Waals surface area contributed by atoms with Gasteiger partial charge in [-0.05, 0) is 30.4 Å². The number of nitrogens with two attached hydrogens (primary N) is 1. The van der Waals surface area contributed by atoms with Gasteiger partial charge in [-0.2, -0.15) is 0 Å². The molecule has 10 heteroatoms. The predicted octanol–water partition coefficient (Wildman–Crippen LogP) is 0.469. The number of halogens is 1. The van der Waals surface area contributed by atoms with Crippen molar-refractivity contribution in [3.05, 3.63) is 35.8 Å². The summed E-state index contributed by atoms with van der Waals surface area (Å²) in [4.78, 5) is 41.8. The van der Waals surface area contributed by atoms with Gasteiger partial charge in [0, 0.05) is 20.1 Å². The average Bonchev–Trinajstić information content (AvgIpc) is 3.44. The maximum atomic E-state index is 12.6. The second kappa shape index (κ2) is 8.56. The van der Waals surface area contributed by atoms with E-state index in [4.69, 9.17) is 10.2 Å². The first-order valence-corrected chi connectivity index (χ1v) is 9.36. The van der Waals surface area contributed by atoms with Crippen molar-refractivity contribution in [2.24, 2.45) is 34.4 Å². The molecule has 0 spiro atoms. The van der Waals surface area contributed by atoms with Crippen LogP contribution >= 0.6 is 24.0 Å². The van der Waals surface area contributed by atoms with Crippen LogP contribution in [0.1, 0.15) is 22.7 Å². The summed E-state index contributed by atoms with van der Waals surface area (Å²) in [7, 11) is 1.62. The van der Waals surface area contributed by atoms with Gasteiger partial charge in [-0.15, -0.1) is 24.0 Å². The highest BCUT2D eigenvalue weighted by molar-refractivity contribution is 14.0. The minimum atomic E-state index is -0.623. The molecule has 2 aliphatic carbocycles. The molecule has 2 heterocycles. The van der Waals surface area contributed by atoms with E-state index in [1.54, 1.807) is 13.1 Å². The van der Waals surface area contributed by atoms with Crippen molar-refractivity contribution in [2.45, 2.75) is 13.0 Å². The predicted molar refractivity (Wildman–Crippen MR) is 115 cm³/mol. The second-order valence-corrected chi connectivity index (χ2v) is 7.31. The van der Waals surface area contributed by atoms with E-state index in [1.807, 2.05) is 0 Å². The maximum absolute atomic E-state index is 12.6. The number of aliphatic imine (C=N–C) groups is 1. The first-order chi connectivity index (χ1) is 13.5. The molecule has 3 aliphatic rings. The lowest BCUT2D eigenvalue weighted by atomic mass is 9.85. The van der Waals surface area contributed by atoms with Crippen molar-refractivity contribution in [2.75, 3.05) is 20.1 Å². The third kappa shape index (κ3) is 3.89. The van der Waals surface area contributed by atoms with Crippen LogP contribution in [0.25, 0.3) is 0 Å². The standard InChI is InChI=1S/C19H23N5O4.HI/c1-21-19(23-9-12-4-5-13(28-12)16(20)25)22-6-7-24-17(26)14-10-2-3-11(8-10)15(14)18(24)27;/h2-5,10-11,14-15H,6-9H2,1H3,(H2,20,25)(H2,21,22,23);1H. The van der Waals surface area contributed by atoms with Gasteiger partial charge < -0.3 is 20.8 Å². The number of nitrogens with zero attached hydrogens (tertiary/aromatic N) is 2. The van der Waals surface area contributed by atoms with Crippen molar-refractivity contribution in [1.82, 2.24) is 15.5 Å². The number of hydrogen-bond acceptors (Lipinski definition) is 5. The summed E-state index contributed by atoms with van der Waals surface area (Å²) >= 11 is 0. The molecular weight excluding hydrogens is 489 g/mol. The fraction of sp³-hybridized carbons (Fsp3) is 0.474. The molecule has 3 amide bonds. The number of nitrogens with one attached hydrogen (secondary N) is 2. The fourth-order valence-electron chi connectivity index (χ4n) is 4.47. The molecule has 2 bridgehead atoms. The third-order valence-corrected chi connectivity index (χ3v) is 5.75. The van der Waals surface area contributed by atoms with Gasteiger partial charge in [-0.25, -0.2) is 0 Å². The molecule has 4 unspecified atom stereocenters. The van der Waals surface area contributed by atoms with Crippen LogP contribution in [0.5, 0.6) is 0 Å². The van der Waals surface area contributed by atoms with Crippen LogP contribution in [0.4, 0.5) is 0 Å². The number of primary amides is 1. The van der Waals surface area contributed by atoms with Gasteiger partial charge in [0.1, 0.15) is 5.76 Å². The fourth-order valence-corrected chi connectivity index (χ4v) is 4.47. The average molecular weight is 513 g/mol. The molecule has 0 aromatic carbocycles. The Morgan fingerprint density at radius 3 is 2.41 bits per heavy atom. The van der Waals surface area contributed by atoms with E-state index in [2.05, 4.69) is 27.8 Å². The number of carbonyl (C=O) groups excluding carboxylic acids is 3. The van der Waals surface area contributed by atoms with Gasteiger partial charge in [0.05, 0.1) is 18.4 Å². The third-order valence-electron chi connectivity index (χ3n) is 5.75. The highest BCUT2D eigenvalue weighted by Crippen LogP contribution is 2.52. The van der Waals surface area contributed by atoms with Crippen LogP contribution in [0, 0.1) is 23.7 Å². The first-order valence-electron chi connectivity index (χ1n) is 9.36. The Morgan fingerprint density at radius 1 is 1.21 bits per heavy atom. The number of rotatable bonds is 6. The Labute approximate surface area is 185 Å². The van der Waals surface area contributed by atoms with Crippen LogP contribution < -0.4 is 16.4 Å². The first kappa shape index (κ1) is 21.3. The normalized spacial score (nSPS) is 27.2. The summed E-state index contributed by atoms with van der Waals surface area (Å²) < 4.78 is 5.30. The van der Waals surface area contributed by atoms with E-state index in [0.29, 0.717) is 31.4 Å². The lowest BCUT2D eigenvalue weighted by Gasteiger charge is -2.18. The minimum Gasteiger partial charge on any atom is -0.454 e. The Kier molecular flexibility index (Phi) is 6.30. The molecule has 156 valence electrons. The summed E-state index contributed by atoms with van der Waals surface area (Å²) in [5.74, 6) is 0.515. The van der Waals surface area contributed by atoms with E-state index in [9.17, 15) is 14.4 Å². The second-order valence-electron chi connectivity index (χ2n) is 7.31. The number of furan rings is 1. The Balaban J connectivity index is 0.00000240. The van der Waals surface area contributed by atoms with Gasteiger partial charge in [0.2, 0.25) is 11.8 Å². The van der Waals surface area contributed by atoms with Crippen LogP contribution in [-0.2, 0) is 16.1 Å². The topological polar surface area (TPSA) is 130 Å². The molecule has 0 radical (unpaired) electrons. The lowest BCUT2D eigenvalue weighted by molar-refractivity contribution is -0.140. The van der Waals surface area contributed by atoms with Crippen molar-refractivity contribution in [3.63, 3.8) is 0 Å². The van der Waals surface area contributed by atoms with Crippen LogP contribution in [0.3, 0.4) is 0 Å². The van der Waals surface area contributed by atoms with Crippen molar-refractivity contribution >= 4 is 47.7 Å². The number of carbonyl (C=O) groups is 3. The summed E-state index contributed by atoms with van der Waals surface area (Å²) in [5, 5.41) is 6.13. The van der Waals surface area contributed by atoms with Crippen molar-refractivity contribution in [1.29, 1.82) is 0 Å². The molecule has 2 fully saturated rings. The maximum Gasteiger partial charge on any atom is 0.284 e. The molecule has 29 heavy (non-hydrogen) atoms. The van der Waals surface area contributed by atoms with Crippen LogP contribution in [0.2, 0.25) is 0 Å². The van der Waals surface area contributed by atoms with E-state index >= 15 is 0 Å². The Bertz CT molecular complexity index is 850.